The molecule has 1 aliphatic heterocycles. The van der Waals surface area contributed by atoms with Crippen molar-refractivity contribution in [2.24, 2.45) is 5.92 Å². The Balaban J connectivity index is 1.57. The summed E-state index contributed by atoms with van der Waals surface area (Å²) in [6.45, 7) is 7.43. The molecule has 2 aromatic carbocycles. The van der Waals surface area contributed by atoms with E-state index >= 15 is 0 Å². The molecule has 1 aliphatic carbocycles. The molecule has 3 aromatic rings. The number of furan rings is 1. The van der Waals surface area contributed by atoms with Gasteiger partial charge in [-0.3, -0.25) is 4.79 Å². The molecule has 0 bridgehead atoms. The second-order valence-electron chi connectivity index (χ2n) is 10.2. The number of hydrogen-bond donors (Lipinski definition) is 0. The van der Waals surface area contributed by atoms with E-state index in [1.165, 1.54) is 25.7 Å². The van der Waals surface area contributed by atoms with E-state index in [4.69, 9.17) is 13.9 Å². The Hall–Kier alpha value is -3.21. The van der Waals surface area contributed by atoms with Crippen LogP contribution in [0.1, 0.15) is 63.5 Å². The maximum absolute atomic E-state index is 13.6. The monoisotopic (exact) mass is 487 g/mol. The summed E-state index contributed by atoms with van der Waals surface area (Å²) in [5.41, 5.74) is 5.53. The van der Waals surface area contributed by atoms with Crippen LogP contribution in [0.5, 0.6) is 11.5 Å². The fourth-order valence-corrected chi connectivity index (χ4v) is 6.26. The molecular formula is C31H37NO4. The number of fused-ring (bicyclic) bond motifs is 2. The van der Waals surface area contributed by atoms with Gasteiger partial charge in [-0.25, -0.2) is 0 Å². The minimum absolute atomic E-state index is 0.126. The van der Waals surface area contributed by atoms with Crippen LogP contribution in [0.25, 0.3) is 27.7 Å². The van der Waals surface area contributed by atoms with Crippen molar-refractivity contribution >= 4 is 22.4 Å². The van der Waals surface area contributed by atoms with E-state index in [0.717, 1.165) is 69.7 Å². The van der Waals surface area contributed by atoms with Crippen LogP contribution in [-0.2, 0) is 4.79 Å². The molecule has 1 saturated carbocycles. The molecule has 2 unspecified atom stereocenters. The van der Waals surface area contributed by atoms with Crippen molar-refractivity contribution in [2.45, 2.75) is 65.3 Å². The minimum atomic E-state index is 0.126. The van der Waals surface area contributed by atoms with Crippen LogP contribution in [0.15, 0.2) is 47.1 Å². The van der Waals surface area contributed by atoms with Gasteiger partial charge in [-0.15, -0.1) is 0 Å². The van der Waals surface area contributed by atoms with Gasteiger partial charge in [0, 0.05) is 46.3 Å². The van der Waals surface area contributed by atoms with E-state index in [-0.39, 0.29) is 5.91 Å². The lowest BCUT2D eigenvalue weighted by atomic mass is 9.78. The fourth-order valence-electron chi connectivity index (χ4n) is 6.26. The smallest absolute Gasteiger partial charge is 0.247 e. The number of nitrogens with zero attached hydrogens (tertiary/aromatic N) is 1. The van der Waals surface area contributed by atoms with Gasteiger partial charge in [0.25, 0.3) is 0 Å². The van der Waals surface area contributed by atoms with E-state index in [1.54, 1.807) is 13.4 Å². The molecule has 2 heterocycles. The Labute approximate surface area is 214 Å². The van der Waals surface area contributed by atoms with Gasteiger partial charge in [-0.1, -0.05) is 31.0 Å². The van der Waals surface area contributed by atoms with Gasteiger partial charge in [-0.05, 0) is 70.1 Å². The second kappa shape index (κ2) is 10.4. The number of methoxy groups -OCH3 is 1. The predicted molar refractivity (Wildman–Crippen MR) is 144 cm³/mol. The highest BCUT2D eigenvalue weighted by atomic mass is 16.5. The van der Waals surface area contributed by atoms with E-state index in [0.29, 0.717) is 18.6 Å². The van der Waals surface area contributed by atoms with Crippen molar-refractivity contribution in [3.05, 3.63) is 53.8 Å². The first-order chi connectivity index (χ1) is 17.5. The normalized spacial score (nSPS) is 20.3. The Morgan fingerprint density at radius 2 is 1.92 bits per heavy atom. The molecule has 2 fully saturated rings. The summed E-state index contributed by atoms with van der Waals surface area (Å²) >= 11 is 0. The summed E-state index contributed by atoms with van der Waals surface area (Å²) in [6.07, 6.45) is 10.9. The first kappa shape index (κ1) is 24.5. The Morgan fingerprint density at radius 3 is 2.72 bits per heavy atom. The average molecular weight is 488 g/mol. The lowest BCUT2D eigenvalue weighted by molar-refractivity contribution is -0.132. The highest BCUT2D eigenvalue weighted by molar-refractivity contribution is 6.02. The number of likely N-dealkylation sites (tertiary alicyclic amines) is 1. The second-order valence-corrected chi connectivity index (χ2v) is 10.2. The van der Waals surface area contributed by atoms with Crippen LogP contribution in [0, 0.1) is 12.8 Å². The van der Waals surface area contributed by atoms with Crippen LogP contribution in [-0.4, -0.2) is 37.1 Å². The molecule has 0 radical (unpaired) electrons. The number of amides is 1. The molecule has 36 heavy (non-hydrogen) atoms. The number of carbonyl (C=O) groups is 1. The molecule has 190 valence electrons. The third-order valence-corrected chi connectivity index (χ3v) is 8.02. The van der Waals surface area contributed by atoms with Crippen molar-refractivity contribution in [3.63, 3.8) is 0 Å². The van der Waals surface area contributed by atoms with E-state index in [1.807, 2.05) is 51.1 Å². The van der Waals surface area contributed by atoms with Crippen molar-refractivity contribution in [2.75, 3.05) is 20.3 Å². The first-order valence-corrected chi connectivity index (χ1v) is 13.3. The number of allylic oxidation sites excluding steroid dienone is 1. The summed E-state index contributed by atoms with van der Waals surface area (Å²) in [5, 5.41) is 0.987. The average Bonchev–Trinajstić information content (AvgIpc) is 3.33. The number of carbonyl (C=O) groups excluding carboxylic acids is 1. The number of rotatable bonds is 6. The molecule has 2 aliphatic rings. The van der Waals surface area contributed by atoms with Gasteiger partial charge < -0.3 is 18.8 Å². The van der Waals surface area contributed by atoms with Gasteiger partial charge in [0.1, 0.15) is 17.1 Å². The van der Waals surface area contributed by atoms with Crippen molar-refractivity contribution in [1.82, 2.24) is 4.90 Å². The molecule has 5 heteroatoms. The maximum Gasteiger partial charge on any atom is 0.247 e. The van der Waals surface area contributed by atoms with Crippen molar-refractivity contribution in [1.29, 1.82) is 0 Å². The van der Waals surface area contributed by atoms with Gasteiger partial charge in [-0.2, -0.15) is 0 Å². The van der Waals surface area contributed by atoms with E-state index in [9.17, 15) is 4.79 Å². The van der Waals surface area contributed by atoms with Crippen molar-refractivity contribution in [3.8, 4) is 22.6 Å². The molecule has 5 nitrogen and oxygen atoms in total. The lowest BCUT2D eigenvalue weighted by Gasteiger charge is -2.43. The van der Waals surface area contributed by atoms with Crippen LogP contribution >= 0.6 is 0 Å². The van der Waals surface area contributed by atoms with E-state index < -0.39 is 0 Å². The zero-order chi connectivity index (χ0) is 25.2. The zero-order valence-electron chi connectivity index (χ0n) is 21.9. The minimum Gasteiger partial charge on any atom is -0.496 e. The predicted octanol–water partition coefficient (Wildman–Crippen LogP) is 7.40. The number of benzene rings is 2. The number of hydrogen-bond acceptors (Lipinski definition) is 4. The highest BCUT2D eigenvalue weighted by Gasteiger charge is 2.35. The lowest BCUT2D eigenvalue weighted by Crippen LogP contribution is -2.49. The molecule has 1 aromatic heterocycles. The SMILES string of the molecule is CCOc1c(/C(C)=C/C(=O)N2CCCC3CCCCC32)cc2c(-c3ccccc3OC)coc2c1C. The molecule has 0 spiro atoms. The highest BCUT2D eigenvalue weighted by Crippen LogP contribution is 2.43. The molecule has 0 N–H and O–H groups in total. The summed E-state index contributed by atoms with van der Waals surface area (Å²) in [6, 6.07) is 10.5. The van der Waals surface area contributed by atoms with Crippen LogP contribution in [0.2, 0.25) is 0 Å². The Morgan fingerprint density at radius 1 is 1.14 bits per heavy atom. The first-order valence-electron chi connectivity index (χ1n) is 13.3. The van der Waals surface area contributed by atoms with Gasteiger partial charge in [0.05, 0.1) is 20.0 Å². The number of ether oxygens (including phenoxy) is 2. The summed E-state index contributed by atoms with van der Waals surface area (Å²) in [4.78, 5) is 15.7. The molecule has 1 amide bonds. The standard InChI is InChI=1S/C31H37NO4/c1-5-35-30-21(3)31-25(26(19-36-31)23-13-7-9-15-28(23)34-4)18-24(30)20(2)17-29(33)32-16-10-12-22-11-6-8-14-27(22)32/h7,9,13,15,17-19,22,27H,5-6,8,10-12,14,16H2,1-4H3/b20-17+. The Bertz CT molecular complexity index is 1290. The summed E-state index contributed by atoms with van der Waals surface area (Å²) in [7, 11) is 1.68. The topological polar surface area (TPSA) is 51.9 Å². The van der Waals surface area contributed by atoms with Crippen molar-refractivity contribution < 1.29 is 18.7 Å². The maximum atomic E-state index is 13.6. The molecule has 2 atom stereocenters. The molecular weight excluding hydrogens is 450 g/mol. The fraction of sp³-hybridized carbons (Fsp3) is 0.452. The third kappa shape index (κ3) is 4.40. The molecule has 5 rings (SSSR count). The van der Waals surface area contributed by atoms with E-state index in [2.05, 4.69) is 11.0 Å². The summed E-state index contributed by atoms with van der Waals surface area (Å²) < 4.78 is 17.8. The Kier molecular flexibility index (Phi) is 7.08. The van der Waals surface area contributed by atoms with Crippen LogP contribution in [0.3, 0.4) is 0 Å². The third-order valence-electron chi connectivity index (χ3n) is 8.02. The quantitative estimate of drug-likeness (QED) is 0.340. The largest absolute Gasteiger partial charge is 0.496 e. The number of aryl methyl sites for hydroxylation is 1. The van der Waals surface area contributed by atoms with Gasteiger partial charge >= 0.3 is 0 Å². The summed E-state index contributed by atoms with van der Waals surface area (Å²) in [5.74, 6) is 2.36. The zero-order valence-corrected chi connectivity index (χ0v) is 21.9. The number of para-hydroxylation sites is 1. The van der Waals surface area contributed by atoms with Crippen LogP contribution < -0.4 is 9.47 Å². The number of piperidine rings is 1. The van der Waals surface area contributed by atoms with Gasteiger partial charge in [0.15, 0.2) is 0 Å². The molecule has 1 saturated heterocycles. The van der Waals surface area contributed by atoms with Gasteiger partial charge in [0.2, 0.25) is 5.91 Å². The van der Waals surface area contributed by atoms with Crippen LogP contribution in [0.4, 0.5) is 0 Å².